The zero-order valence-corrected chi connectivity index (χ0v) is 13.9. The van der Waals surface area contributed by atoms with Crippen LogP contribution >= 0.6 is 0 Å². The minimum absolute atomic E-state index is 0.217. The van der Waals surface area contributed by atoms with Gasteiger partial charge in [-0.3, -0.25) is 49.4 Å². The van der Waals surface area contributed by atoms with E-state index in [0.717, 1.165) is 0 Å². The van der Waals surface area contributed by atoms with Crippen molar-refractivity contribution in [3.8, 4) is 0 Å². The summed E-state index contributed by atoms with van der Waals surface area (Å²) in [6, 6.07) is 0. The maximum atomic E-state index is 12.3. The van der Waals surface area contributed by atoms with Gasteiger partial charge in [0.1, 0.15) is 37.0 Å². The molecule has 5 aliphatic rings. The van der Waals surface area contributed by atoms with Gasteiger partial charge in [0.2, 0.25) is 23.6 Å². The van der Waals surface area contributed by atoms with Crippen LogP contribution in [-0.4, -0.2) is 80.2 Å². The van der Waals surface area contributed by atoms with Crippen molar-refractivity contribution in [3.05, 3.63) is 0 Å². The highest BCUT2D eigenvalue weighted by Gasteiger charge is 2.69. The van der Waals surface area contributed by atoms with Gasteiger partial charge in [-0.1, -0.05) is 0 Å². The molecule has 10 heteroatoms. The normalized spacial score (nSPS) is 38.8. The number of nitrogens with zero attached hydrogens (tertiary/aromatic N) is 4. The molecule has 6 bridgehead atoms. The van der Waals surface area contributed by atoms with E-state index >= 15 is 0 Å². The fraction of sp³-hybridized carbons (Fsp3) is 0.714. The maximum Gasteiger partial charge on any atom is 0.222 e. The van der Waals surface area contributed by atoms with Crippen LogP contribution in [0.5, 0.6) is 0 Å². The van der Waals surface area contributed by atoms with Gasteiger partial charge in [0.05, 0.1) is 0 Å². The van der Waals surface area contributed by atoms with E-state index in [0.29, 0.717) is 0 Å². The van der Waals surface area contributed by atoms with Crippen molar-refractivity contribution in [1.82, 2.24) is 30.2 Å². The first-order valence-corrected chi connectivity index (χ1v) is 7.93. The first-order valence-electron chi connectivity index (χ1n) is 7.93. The summed E-state index contributed by atoms with van der Waals surface area (Å²) in [6.45, 7) is 5.71. The Balaban J connectivity index is 1.93. The van der Waals surface area contributed by atoms with Crippen LogP contribution in [-0.2, 0) is 19.2 Å². The quantitative estimate of drug-likeness (QED) is 0.510. The number of nitrogens with one attached hydrogen (secondary N) is 2. The van der Waals surface area contributed by atoms with Crippen molar-refractivity contribution in [1.29, 1.82) is 0 Å². The lowest BCUT2D eigenvalue weighted by molar-refractivity contribution is -0.152. The molecule has 130 valence electrons. The first kappa shape index (κ1) is 15.3. The first-order chi connectivity index (χ1) is 11.3. The lowest BCUT2D eigenvalue weighted by Gasteiger charge is -2.42. The Labute approximate surface area is 138 Å². The zero-order chi connectivity index (χ0) is 17.5. The van der Waals surface area contributed by atoms with Crippen molar-refractivity contribution < 1.29 is 19.2 Å². The van der Waals surface area contributed by atoms with Gasteiger partial charge in [-0.05, 0) is 0 Å². The lowest BCUT2D eigenvalue weighted by atomic mass is 10.2. The molecule has 4 unspecified atom stereocenters. The predicted octanol–water partition coefficient (Wildman–Crippen LogP) is -2.43. The van der Waals surface area contributed by atoms with Gasteiger partial charge in [0.15, 0.2) is 0 Å². The Hall–Kier alpha value is -2.20. The SMILES string of the molecule is CC(=O)N1C2N[C@@H]3C4N[C@H]2N(C(C)=O)C1C(N4C(C)=O)N3C(C)=O. The molecule has 5 heterocycles. The minimum atomic E-state index is -0.708. The number of carbonyl (C=O) groups excluding carboxylic acids is 4. The summed E-state index contributed by atoms with van der Waals surface area (Å²) in [4.78, 5) is 55.4. The number of carbonyl (C=O) groups is 4. The number of piperazine rings is 1. The molecule has 0 spiro atoms. The fourth-order valence-corrected chi connectivity index (χ4v) is 4.67. The Morgan fingerprint density at radius 1 is 0.542 bits per heavy atom. The molecule has 5 rings (SSSR count). The van der Waals surface area contributed by atoms with Gasteiger partial charge in [-0.2, -0.15) is 0 Å². The molecule has 5 fully saturated rings. The van der Waals surface area contributed by atoms with Gasteiger partial charge < -0.3 is 0 Å². The molecule has 2 N–H and O–H groups in total. The number of amides is 4. The van der Waals surface area contributed by atoms with Gasteiger partial charge in [-0.25, -0.2) is 0 Å². The molecule has 5 aliphatic heterocycles. The number of rotatable bonds is 0. The predicted molar refractivity (Wildman–Crippen MR) is 79.1 cm³/mol. The van der Waals surface area contributed by atoms with Crippen molar-refractivity contribution in [2.45, 2.75) is 64.7 Å². The van der Waals surface area contributed by atoms with Crippen LogP contribution < -0.4 is 10.6 Å². The molecule has 0 aromatic rings. The highest BCUT2D eigenvalue weighted by atomic mass is 16.2. The van der Waals surface area contributed by atoms with Crippen LogP contribution in [0, 0.1) is 0 Å². The lowest BCUT2D eigenvalue weighted by Crippen LogP contribution is -2.73. The molecule has 0 saturated carbocycles. The molecule has 0 aromatic heterocycles. The van der Waals surface area contributed by atoms with Crippen LogP contribution in [0.1, 0.15) is 27.7 Å². The summed E-state index contributed by atoms with van der Waals surface area (Å²) in [5.74, 6) is -0.866. The second kappa shape index (κ2) is 4.67. The summed E-state index contributed by atoms with van der Waals surface area (Å²) < 4.78 is 0. The highest BCUT2D eigenvalue weighted by molar-refractivity contribution is 5.83. The number of hydrogen-bond acceptors (Lipinski definition) is 6. The second-order valence-electron chi connectivity index (χ2n) is 6.65. The van der Waals surface area contributed by atoms with Crippen molar-refractivity contribution in [2.24, 2.45) is 0 Å². The van der Waals surface area contributed by atoms with Crippen LogP contribution in [0.25, 0.3) is 0 Å². The summed E-state index contributed by atoms with van der Waals surface area (Å²) in [6.07, 6.45) is -3.14. The van der Waals surface area contributed by atoms with E-state index < -0.39 is 37.0 Å². The smallest absolute Gasteiger partial charge is 0.222 e. The van der Waals surface area contributed by atoms with E-state index in [1.807, 2.05) is 0 Å². The van der Waals surface area contributed by atoms with E-state index in [1.165, 1.54) is 27.7 Å². The van der Waals surface area contributed by atoms with Crippen LogP contribution in [0.15, 0.2) is 0 Å². The van der Waals surface area contributed by atoms with Crippen molar-refractivity contribution in [3.63, 3.8) is 0 Å². The van der Waals surface area contributed by atoms with Crippen LogP contribution in [0.3, 0.4) is 0 Å². The van der Waals surface area contributed by atoms with E-state index in [9.17, 15) is 19.2 Å². The average Bonchev–Trinajstić information content (AvgIpc) is 2.85. The van der Waals surface area contributed by atoms with E-state index in [-0.39, 0.29) is 23.6 Å². The molecule has 5 saturated heterocycles. The summed E-state index contributed by atoms with van der Waals surface area (Å²) in [5.41, 5.74) is 0. The topological polar surface area (TPSA) is 105 Å². The minimum Gasteiger partial charge on any atom is -0.299 e. The molecule has 10 nitrogen and oxygen atoms in total. The van der Waals surface area contributed by atoms with Crippen LogP contribution in [0.2, 0.25) is 0 Å². The number of hydrogen-bond donors (Lipinski definition) is 2. The maximum absolute atomic E-state index is 12.3. The van der Waals surface area contributed by atoms with Gasteiger partial charge in [0, 0.05) is 27.7 Å². The van der Waals surface area contributed by atoms with Crippen molar-refractivity contribution in [2.75, 3.05) is 0 Å². The molecule has 0 aliphatic carbocycles. The monoisotopic (exact) mass is 336 g/mol. The highest BCUT2D eigenvalue weighted by Crippen LogP contribution is 2.43. The van der Waals surface area contributed by atoms with Crippen LogP contribution in [0.4, 0.5) is 0 Å². The molecular formula is C14H20N6O4. The van der Waals surface area contributed by atoms with Crippen molar-refractivity contribution >= 4 is 23.6 Å². The Bertz CT molecular complexity index is 560. The third kappa shape index (κ3) is 1.62. The third-order valence-corrected chi connectivity index (χ3v) is 5.34. The Morgan fingerprint density at radius 3 is 0.917 bits per heavy atom. The molecule has 6 atom stereocenters. The standard InChI is InChI=1S/C14H20N6O4/c1-5(21)17-9-10-16-12-11(15-9)19(7(3)23)14(20(12)8(4)24)13(17)18(10)6(2)22/h9-16H,1-4H3/t9-,10?,11?,12-,13?,14?/m0/s1. The van der Waals surface area contributed by atoms with Gasteiger partial charge in [0.25, 0.3) is 0 Å². The van der Waals surface area contributed by atoms with Gasteiger partial charge >= 0.3 is 0 Å². The average molecular weight is 336 g/mol. The largest absolute Gasteiger partial charge is 0.299 e. The molecule has 24 heavy (non-hydrogen) atoms. The fourth-order valence-electron chi connectivity index (χ4n) is 4.67. The summed E-state index contributed by atoms with van der Waals surface area (Å²) >= 11 is 0. The molecule has 0 radical (unpaired) electrons. The molecular weight excluding hydrogens is 316 g/mol. The van der Waals surface area contributed by atoms with E-state index in [4.69, 9.17) is 0 Å². The molecule has 4 amide bonds. The Kier molecular flexibility index (Phi) is 2.98. The summed E-state index contributed by atoms with van der Waals surface area (Å²) in [5, 5.41) is 6.58. The Morgan fingerprint density at radius 2 is 0.750 bits per heavy atom. The van der Waals surface area contributed by atoms with E-state index in [2.05, 4.69) is 10.6 Å². The third-order valence-electron chi connectivity index (χ3n) is 5.34. The van der Waals surface area contributed by atoms with E-state index in [1.54, 1.807) is 19.6 Å². The summed E-state index contributed by atoms with van der Waals surface area (Å²) in [7, 11) is 0. The van der Waals surface area contributed by atoms with Gasteiger partial charge in [-0.15, -0.1) is 0 Å². The second-order valence-corrected chi connectivity index (χ2v) is 6.65. The molecule has 0 aromatic carbocycles. The zero-order valence-electron chi connectivity index (χ0n) is 13.9.